The average molecular weight is 288 g/mol. The van der Waals surface area contributed by atoms with Gasteiger partial charge in [0.15, 0.2) is 0 Å². The molecular weight excluding hydrogens is 266 g/mol. The first kappa shape index (κ1) is 19.0. The van der Waals surface area contributed by atoms with Crippen LogP contribution in [0.2, 0.25) is 0 Å². The van der Waals surface area contributed by atoms with Crippen molar-refractivity contribution in [2.75, 3.05) is 32.9 Å². The van der Waals surface area contributed by atoms with Gasteiger partial charge >= 0.3 is 0 Å². The predicted octanol–water partition coefficient (Wildman–Crippen LogP) is -0.586. The Morgan fingerprint density at radius 2 is 1.94 bits per heavy atom. The lowest BCUT2D eigenvalue weighted by atomic mass is 10.3. The van der Waals surface area contributed by atoms with Crippen molar-refractivity contribution >= 4 is 28.3 Å². The maximum Gasteiger partial charge on any atom is 0.235 e. The number of nitrogens with zero attached hydrogens (tertiary/aromatic N) is 1. The highest BCUT2D eigenvalue weighted by atomic mass is 35.5. The van der Waals surface area contributed by atoms with Crippen molar-refractivity contribution in [1.29, 1.82) is 0 Å². The fraction of sp³-hybridized carbons (Fsp3) is 0.889. The average Bonchev–Trinajstić information content (AvgIpc) is 2.25. The molecule has 0 radical (unpaired) electrons. The van der Waals surface area contributed by atoms with Gasteiger partial charge < -0.3 is 10.6 Å². The van der Waals surface area contributed by atoms with Crippen molar-refractivity contribution < 1.29 is 13.2 Å². The molecule has 8 heteroatoms. The highest BCUT2D eigenvalue weighted by molar-refractivity contribution is 7.89. The molecule has 6 nitrogen and oxygen atoms in total. The first-order chi connectivity index (χ1) is 7.33. The summed E-state index contributed by atoms with van der Waals surface area (Å²) < 4.78 is 23.8. The van der Waals surface area contributed by atoms with Crippen LogP contribution >= 0.6 is 12.4 Å². The highest BCUT2D eigenvalue weighted by Gasteiger charge is 2.18. The summed E-state index contributed by atoms with van der Waals surface area (Å²) >= 11 is 0. The molecule has 0 aromatic heterocycles. The number of hydrogen-bond acceptors (Lipinski definition) is 4. The molecule has 1 amide bonds. The van der Waals surface area contributed by atoms with Crippen LogP contribution in [0, 0.1) is 0 Å². The highest BCUT2D eigenvalue weighted by Crippen LogP contribution is 1.96. The van der Waals surface area contributed by atoms with E-state index in [2.05, 4.69) is 10.6 Å². The SMILES string of the molecule is CCS(=O)(=O)N(C)CC(=O)NCC(C)NC.Cl. The summed E-state index contributed by atoms with van der Waals surface area (Å²) in [4.78, 5) is 11.4. The Labute approximate surface area is 110 Å². The molecule has 0 rings (SSSR count). The Kier molecular flexibility index (Phi) is 9.69. The van der Waals surface area contributed by atoms with Crippen LogP contribution in [-0.2, 0) is 14.8 Å². The molecule has 0 saturated carbocycles. The molecule has 104 valence electrons. The van der Waals surface area contributed by atoms with E-state index < -0.39 is 10.0 Å². The van der Waals surface area contributed by atoms with Gasteiger partial charge in [-0.25, -0.2) is 8.42 Å². The third kappa shape index (κ3) is 7.54. The van der Waals surface area contributed by atoms with Crippen molar-refractivity contribution in [3.8, 4) is 0 Å². The van der Waals surface area contributed by atoms with Crippen LogP contribution in [0.4, 0.5) is 0 Å². The number of carbonyl (C=O) groups is 1. The van der Waals surface area contributed by atoms with Gasteiger partial charge in [0.05, 0.1) is 12.3 Å². The molecule has 0 aromatic carbocycles. The van der Waals surface area contributed by atoms with Crippen molar-refractivity contribution in [2.45, 2.75) is 19.9 Å². The minimum absolute atomic E-state index is 0. The number of likely N-dealkylation sites (N-methyl/N-ethyl adjacent to an activating group) is 2. The zero-order valence-electron chi connectivity index (χ0n) is 10.7. The van der Waals surface area contributed by atoms with Crippen LogP contribution in [-0.4, -0.2) is 57.6 Å². The first-order valence-electron chi connectivity index (χ1n) is 5.21. The lowest BCUT2D eigenvalue weighted by molar-refractivity contribution is -0.121. The maximum absolute atomic E-state index is 11.4. The van der Waals surface area contributed by atoms with Crippen molar-refractivity contribution in [3.05, 3.63) is 0 Å². The molecule has 2 N–H and O–H groups in total. The van der Waals surface area contributed by atoms with Crippen LogP contribution in [0.1, 0.15) is 13.8 Å². The molecule has 0 fully saturated rings. The standard InChI is InChI=1S/C9H21N3O3S.ClH/c1-5-16(14,15)12(4)7-9(13)11-6-8(2)10-3;/h8,10H,5-7H2,1-4H3,(H,11,13);1H. The Hall–Kier alpha value is -0.370. The maximum atomic E-state index is 11.4. The second kappa shape index (κ2) is 8.68. The Morgan fingerprint density at radius 1 is 1.41 bits per heavy atom. The number of carbonyl (C=O) groups excluding carboxylic acids is 1. The lowest BCUT2D eigenvalue weighted by Gasteiger charge is -2.16. The number of rotatable bonds is 7. The van der Waals surface area contributed by atoms with Crippen molar-refractivity contribution in [2.24, 2.45) is 0 Å². The van der Waals surface area contributed by atoms with Crippen LogP contribution in [0.3, 0.4) is 0 Å². The van der Waals surface area contributed by atoms with E-state index in [1.54, 1.807) is 14.0 Å². The number of sulfonamides is 1. The van der Waals surface area contributed by atoms with Gasteiger partial charge in [-0.15, -0.1) is 12.4 Å². The van der Waals surface area contributed by atoms with Crippen LogP contribution in [0.5, 0.6) is 0 Å². The zero-order chi connectivity index (χ0) is 12.8. The second-order valence-electron chi connectivity index (χ2n) is 3.65. The number of nitrogens with one attached hydrogen (secondary N) is 2. The van der Waals surface area contributed by atoms with Gasteiger partial charge in [-0.1, -0.05) is 0 Å². The van der Waals surface area contributed by atoms with Crippen LogP contribution < -0.4 is 10.6 Å². The molecule has 1 unspecified atom stereocenters. The monoisotopic (exact) mass is 287 g/mol. The van der Waals surface area contributed by atoms with Crippen LogP contribution in [0.15, 0.2) is 0 Å². The quantitative estimate of drug-likeness (QED) is 0.656. The summed E-state index contributed by atoms with van der Waals surface area (Å²) in [7, 11) is -0.0817. The van der Waals surface area contributed by atoms with E-state index in [1.165, 1.54) is 7.05 Å². The summed E-state index contributed by atoms with van der Waals surface area (Å²) in [6.07, 6.45) is 0. The molecule has 0 bridgehead atoms. The topological polar surface area (TPSA) is 78.5 Å². The third-order valence-electron chi connectivity index (χ3n) is 2.30. The molecule has 0 heterocycles. The van der Waals surface area contributed by atoms with E-state index in [9.17, 15) is 13.2 Å². The molecule has 0 saturated heterocycles. The minimum Gasteiger partial charge on any atom is -0.353 e. The van der Waals surface area contributed by atoms with E-state index in [0.717, 1.165) is 4.31 Å². The third-order valence-corrected chi connectivity index (χ3v) is 4.11. The molecule has 0 aromatic rings. The summed E-state index contributed by atoms with van der Waals surface area (Å²) in [5.41, 5.74) is 0. The summed E-state index contributed by atoms with van der Waals surface area (Å²) in [5, 5.41) is 5.62. The summed E-state index contributed by atoms with van der Waals surface area (Å²) in [6.45, 7) is 3.82. The molecule has 0 aliphatic heterocycles. The fourth-order valence-corrected chi connectivity index (χ4v) is 1.70. The molecule has 0 spiro atoms. The lowest BCUT2D eigenvalue weighted by Crippen LogP contribution is -2.43. The van der Waals surface area contributed by atoms with E-state index in [1.807, 2.05) is 6.92 Å². The molecule has 0 aliphatic carbocycles. The van der Waals surface area contributed by atoms with E-state index >= 15 is 0 Å². The normalized spacial score (nSPS) is 13.0. The smallest absolute Gasteiger partial charge is 0.235 e. The number of hydrogen-bond donors (Lipinski definition) is 2. The van der Waals surface area contributed by atoms with Gasteiger partial charge in [-0.3, -0.25) is 4.79 Å². The largest absolute Gasteiger partial charge is 0.353 e. The molecular formula is C9H22ClN3O3S. The predicted molar refractivity (Wildman–Crippen MR) is 70.9 cm³/mol. The number of halogens is 1. The van der Waals surface area contributed by atoms with Crippen LogP contribution in [0.25, 0.3) is 0 Å². The van der Waals surface area contributed by atoms with Crippen molar-refractivity contribution in [3.63, 3.8) is 0 Å². The molecule has 1 atom stereocenters. The van der Waals surface area contributed by atoms with Crippen molar-refractivity contribution in [1.82, 2.24) is 14.9 Å². The Balaban J connectivity index is 0. The Bertz CT molecular complexity index is 321. The van der Waals surface area contributed by atoms with E-state index in [-0.39, 0.29) is 36.7 Å². The van der Waals surface area contributed by atoms with E-state index in [0.29, 0.717) is 6.54 Å². The van der Waals surface area contributed by atoms with Gasteiger partial charge in [0, 0.05) is 19.6 Å². The number of amides is 1. The van der Waals surface area contributed by atoms with Gasteiger partial charge in [0.2, 0.25) is 15.9 Å². The fourth-order valence-electron chi connectivity index (χ4n) is 0.946. The minimum atomic E-state index is -3.28. The second-order valence-corrected chi connectivity index (χ2v) is 6.01. The molecule has 17 heavy (non-hydrogen) atoms. The van der Waals surface area contributed by atoms with Gasteiger partial charge in [0.25, 0.3) is 0 Å². The van der Waals surface area contributed by atoms with E-state index in [4.69, 9.17) is 0 Å². The van der Waals surface area contributed by atoms with Gasteiger partial charge in [0.1, 0.15) is 0 Å². The van der Waals surface area contributed by atoms with Gasteiger partial charge in [-0.2, -0.15) is 4.31 Å². The molecule has 0 aliphatic rings. The summed E-state index contributed by atoms with van der Waals surface area (Å²) in [5.74, 6) is -0.286. The van der Waals surface area contributed by atoms with Gasteiger partial charge in [-0.05, 0) is 20.9 Å². The first-order valence-corrected chi connectivity index (χ1v) is 6.82. The summed E-state index contributed by atoms with van der Waals surface area (Å²) in [6, 6.07) is 0.164. The zero-order valence-corrected chi connectivity index (χ0v) is 12.3. The Morgan fingerprint density at radius 3 is 2.35 bits per heavy atom.